The molecule has 6 nitrogen and oxygen atoms in total. The van der Waals surface area contributed by atoms with Crippen LogP contribution in [0.25, 0.3) is 0 Å². The summed E-state index contributed by atoms with van der Waals surface area (Å²) in [5.74, 6) is 0. The number of amides is 1. The van der Waals surface area contributed by atoms with E-state index >= 15 is 0 Å². The topological polar surface area (TPSA) is 51.2 Å². The summed E-state index contributed by atoms with van der Waals surface area (Å²) in [6, 6.07) is 9.96. The molecule has 2 saturated heterocycles. The Morgan fingerprint density at radius 2 is 1.78 bits per heavy atom. The zero-order valence-electron chi connectivity index (χ0n) is 21.0. The van der Waals surface area contributed by atoms with E-state index in [0.29, 0.717) is 6.61 Å². The zero-order valence-corrected chi connectivity index (χ0v) is 21.0. The molecule has 2 aliphatic rings. The molecule has 2 fully saturated rings. The van der Waals surface area contributed by atoms with E-state index in [1.807, 2.05) is 35.2 Å². The van der Waals surface area contributed by atoms with Crippen molar-refractivity contribution >= 4 is 13.2 Å². The van der Waals surface area contributed by atoms with Gasteiger partial charge in [-0.15, -0.1) is 0 Å². The predicted molar refractivity (Wildman–Crippen MR) is 129 cm³/mol. The fraction of sp³-hybridized carbons (Fsp3) is 0.720. The quantitative estimate of drug-likeness (QED) is 0.538. The molecule has 2 atom stereocenters. The standard InChI is InChI=1S/C25H41BN2O4/c1-20-25(19-27(6)7,14-11-16-26-31-23(2,3)24(4,5)32-26)15-17-28(20)22(29)30-18-21-12-9-8-10-13-21/h8-10,12-13,20H,11,14-19H2,1-7H3/t20-,25-/m1/s1. The Kier molecular flexibility index (Phi) is 7.63. The van der Waals surface area contributed by atoms with Gasteiger partial charge in [0.2, 0.25) is 0 Å². The average Bonchev–Trinajstić information content (AvgIpc) is 3.12. The number of benzene rings is 1. The Labute approximate surface area is 194 Å². The lowest BCUT2D eigenvalue weighted by atomic mass is 9.72. The first kappa shape index (κ1) is 25.1. The molecule has 2 aliphatic heterocycles. The van der Waals surface area contributed by atoms with Gasteiger partial charge in [0.05, 0.1) is 11.2 Å². The SMILES string of the molecule is C[C@H]1N(C(=O)OCc2ccccc2)CC[C@]1(CCCB1OC(C)(C)C(C)(C)O1)CN(C)C. The third-order valence-corrected chi connectivity index (χ3v) is 7.69. The number of hydrogen-bond acceptors (Lipinski definition) is 5. The van der Waals surface area contributed by atoms with E-state index in [1.165, 1.54) is 0 Å². The van der Waals surface area contributed by atoms with Crippen molar-refractivity contribution < 1.29 is 18.8 Å². The average molecular weight is 444 g/mol. The van der Waals surface area contributed by atoms with Crippen LogP contribution in [0.2, 0.25) is 6.32 Å². The van der Waals surface area contributed by atoms with Gasteiger partial charge in [-0.3, -0.25) is 0 Å². The molecular weight excluding hydrogens is 403 g/mol. The number of nitrogens with zero attached hydrogens (tertiary/aromatic N) is 2. The summed E-state index contributed by atoms with van der Waals surface area (Å²) in [6.07, 6.45) is 3.66. The van der Waals surface area contributed by atoms with Gasteiger partial charge in [-0.05, 0) is 73.4 Å². The number of hydrogen-bond donors (Lipinski definition) is 0. The summed E-state index contributed by atoms with van der Waals surface area (Å²) < 4.78 is 18.0. The van der Waals surface area contributed by atoms with Crippen LogP contribution in [0.4, 0.5) is 4.79 Å². The van der Waals surface area contributed by atoms with Gasteiger partial charge in [0, 0.05) is 24.5 Å². The van der Waals surface area contributed by atoms with E-state index in [4.69, 9.17) is 14.0 Å². The second kappa shape index (κ2) is 9.74. The van der Waals surface area contributed by atoms with Crippen molar-refractivity contribution in [2.24, 2.45) is 5.41 Å². The highest BCUT2D eigenvalue weighted by molar-refractivity contribution is 6.45. The second-order valence-electron chi connectivity index (χ2n) is 10.8. The highest BCUT2D eigenvalue weighted by atomic mass is 16.7. The Morgan fingerprint density at radius 3 is 2.38 bits per heavy atom. The summed E-state index contributed by atoms with van der Waals surface area (Å²) in [5, 5.41) is 0. The van der Waals surface area contributed by atoms with Gasteiger partial charge < -0.3 is 23.8 Å². The molecule has 0 aliphatic carbocycles. The zero-order chi connectivity index (χ0) is 23.6. The third-order valence-electron chi connectivity index (χ3n) is 7.69. The first-order valence-corrected chi connectivity index (χ1v) is 11.9. The number of carbonyl (C=O) groups excluding carboxylic acids is 1. The maximum atomic E-state index is 12.9. The minimum Gasteiger partial charge on any atom is -0.445 e. The van der Waals surface area contributed by atoms with Crippen LogP contribution in [-0.4, -0.2) is 67.4 Å². The van der Waals surface area contributed by atoms with Crippen LogP contribution in [0, 0.1) is 5.41 Å². The van der Waals surface area contributed by atoms with Crippen LogP contribution in [0.3, 0.4) is 0 Å². The van der Waals surface area contributed by atoms with E-state index in [9.17, 15) is 4.79 Å². The molecule has 0 spiro atoms. The Morgan fingerprint density at radius 1 is 1.16 bits per heavy atom. The fourth-order valence-corrected chi connectivity index (χ4v) is 5.09. The molecule has 1 amide bonds. The minimum atomic E-state index is -0.293. The molecule has 0 bridgehead atoms. The maximum absolute atomic E-state index is 12.9. The highest BCUT2D eigenvalue weighted by Crippen LogP contribution is 2.43. The highest BCUT2D eigenvalue weighted by Gasteiger charge is 2.51. The monoisotopic (exact) mass is 444 g/mol. The van der Waals surface area contributed by atoms with Crippen molar-refractivity contribution in [1.29, 1.82) is 0 Å². The number of ether oxygens (including phenoxy) is 1. The Hall–Kier alpha value is -1.57. The first-order chi connectivity index (χ1) is 15.0. The Bertz CT molecular complexity index is 754. The van der Waals surface area contributed by atoms with Crippen LogP contribution in [0.15, 0.2) is 30.3 Å². The molecule has 178 valence electrons. The number of carbonyl (C=O) groups is 1. The predicted octanol–water partition coefficient (Wildman–Crippen LogP) is 4.84. The second-order valence-corrected chi connectivity index (χ2v) is 10.8. The van der Waals surface area contributed by atoms with Crippen LogP contribution in [0.5, 0.6) is 0 Å². The molecule has 0 N–H and O–H groups in total. The maximum Gasteiger partial charge on any atom is 0.457 e. The minimum absolute atomic E-state index is 0.0406. The van der Waals surface area contributed by atoms with Gasteiger partial charge in [-0.2, -0.15) is 0 Å². The van der Waals surface area contributed by atoms with Crippen molar-refractivity contribution in [3.05, 3.63) is 35.9 Å². The summed E-state index contributed by atoms with van der Waals surface area (Å²) in [6.45, 7) is 12.5. The van der Waals surface area contributed by atoms with E-state index < -0.39 is 0 Å². The Balaban J connectivity index is 1.58. The fourth-order valence-electron chi connectivity index (χ4n) is 5.09. The largest absolute Gasteiger partial charge is 0.457 e. The van der Waals surface area contributed by atoms with Crippen molar-refractivity contribution in [3.8, 4) is 0 Å². The molecule has 3 rings (SSSR count). The lowest BCUT2D eigenvalue weighted by molar-refractivity contribution is 0.00578. The number of rotatable bonds is 8. The summed E-state index contributed by atoms with van der Waals surface area (Å²) in [5.41, 5.74) is 0.464. The van der Waals surface area contributed by atoms with Crippen molar-refractivity contribution in [2.45, 2.75) is 84.1 Å². The molecule has 0 saturated carbocycles. The van der Waals surface area contributed by atoms with Gasteiger partial charge in [-0.25, -0.2) is 4.79 Å². The van der Waals surface area contributed by atoms with Gasteiger partial charge >= 0.3 is 13.2 Å². The molecule has 1 aromatic rings. The van der Waals surface area contributed by atoms with Gasteiger partial charge in [0.25, 0.3) is 0 Å². The normalized spacial score (nSPS) is 26.7. The lowest BCUT2D eigenvalue weighted by Crippen LogP contribution is -2.45. The smallest absolute Gasteiger partial charge is 0.445 e. The first-order valence-electron chi connectivity index (χ1n) is 11.9. The summed E-state index contributed by atoms with van der Waals surface area (Å²) >= 11 is 0. The van der Waals surface area contributed by atoms with Crippen molar-refractivity contribution in [3.63, 3.8) is 0 Å². The third kappa shape index (κ3) is 5.49. The van der Waals surface area contributed by atoms with E-state index in [-0.39, 0.29) is 35.9 Å². The summed E-state index contributed by atoms with van der Waals surface area (Å²) in [4.78, 5) is 17.0. The van der Waals surface area contributed by atoms with E-state index in [1.54, 1.807) is 0 Å². The van der Waals surface area contributed by atoms with E-state index in [2.05, 4.69) is 53.6 Å². The molecule has 2 heterocycles. The molecule has 0 aromatic heterocycles. The molecule has 0 radical (unpaired) electrons. The molecular formula is C25H41BN2O4. The van der Waals surface area contributed by atoms with Crippen LogP contribution in [0.1, 0.15) is 59.4 Å². The molecule has 7 heteroatoms. The van der Waals surface area contributed by atoms with Gasteiger partial charge in [-0.1, -0.05) is 36.8 Å². The van der Waals surface area contributed by atoms with Crippen LogP contribution < -0.4 is 0 Å². The molecule has 1 aromatic carbocycles. The summed E-state index contributed by atoms with van der Waals surface area (Å²) in [7, 11) is 4.05. The van der Waals surface area contributed by atoms with Gasteiger partial charge in [0.15, 0.2) is 0 Å². The van der Waals surface area contributed by atoms with E-state index in [0.717, 1.165) is 44.2 Å². The van der Waals surface area contributed by atoms with Crippen molar-refractivity contribution in [1.82, 2.24) is 9.80 Å². The number of likely N-dealkylation sites (tertiary alicyclic amines) is 1. The van der Waals surface area contributed by atoms with Crippen LogP contribution >= 0.6 is 0 Å². The van der Waals surface area contributed by atoms with Crippen molar-refractivity contribution in [2.75, 3.05) is 27.2 Å². The van der Waals surface area contributed by atoms with Gasteiger partial charge in [0.1, 0.15) is 6.61 Å². The molecule has 32 heavy (non-hydrogen) atoms. The van der Waals surface area contributed by atoms with Crippen LogP contribution in [-0.2, 0) is 20.7 Å². The lowest BCUT2D eigenvalue weighted by Gasteiger charge is -2.38. The molecule has 0 unspecified atom stereocenters.